The van der Waals surface area contributed by atoms with E-state index in [1.165, 1.54) is 0 Å². The summed E-state index contributed by atoms with van der Waals surface area (Å²) in [5, 5.41) is 0.127. The molecule has 0 radical (unpaired) electrons. The molecule has 3 aromatic rings. The summed E-state index contributed by atoms with van der Waals surface area (Å²) in [5.74, 6) is 0.856. The zero-order valence-electron chi connectivity index (χ0n) is 17.9. The molecule has 0 bridgehead atoms. The number of aromatic nitrogens is 2. The minimum Gasteiger partial charge on any atom is -0.496 e. The van der Waals surface area contributed by atoms with E-state index in [0.29, 0.717) is 13.1 Å². The van der Waals surface area contributed by atoms with Crippen LogP contribution in [-0.2, 0) is 22.9 Å². The molecule has 0 spiro atoms. The van der Waals surface area contributed by atoms with Crippen molar-refractivity contribution >= 4 is 9.84 Å². The Bertz CT molecular complexity index is 1080. The van der Waals surface area contributed by atoms with Gasteiger partial charge in [0.25, 0.3) is 0 Å². The predicted molar refractivity (Wildman–Crippen MR) is 118 cm³/mol. The number of imidazole rings is 1. The Morgan fingerprint density at radius 2 is 1.77 bits per heavy atom. The second-order valence-electron chi connectivity index (χ2n) is 7.34. The Morgan fingerprint density at radius 3 is 2.43 bits per heavy atom. The monoisotopic (exact) mass is 427 g/mol. The van der Waals surface area contributed by atoms with E-state index in [1.807, 2.05) is 66.2 Å². The minimum atomic E-state index is -3.43. The van der Waals surface area contributed by atoms with Crippen molar-refractivity contribution in [2.75, 3.05) is 19.9 Å². The third kappa shape index (κ3) is 4.74. The fourth-order valence-corrected chi connectivity index (χ4v) is 4.46. The zero-order valence-corrected chi connectivity index (χ0v) is 18.8. The van der Waals surface area contributed by atoms with Crippen molar-refractivity contribution in [3.8, 4) is 5.75 Å². The quantitative estimate of drug-likeness (QED) is 0.518. The number of hydrogen-bond donors (Lipinski definition) is 0. The van der Waals surface area contributed by atoms with E-state index in [0.717, 1.165) is 22.6 Å². The molecule has 1 aromatic heterocycles. The van der Waals surface area contributed by atoms with Crippen LogP contribution in [0.4, 0.5) is 0 Å². The van der Waals surface area contributed by atoms with Crippen LogP contribution in [0.25, 0.3) is 0 Å². The Morgan fingerprint density at radius 1 is 1.10 bits per heavy atom. The molecule has 6 nitrogen and oxygen atoms in total. The van der Waals surface area contributed by atoms with Crippen molar-refractivity contribution < 1.29 is 13.2 Å². The second-order valence-corrected chi connectivity index (χ2v) is 9.51. The number of nitrogens with zero attached hydrogens (tertiary/aromatic N) is 3. The number of ether oxygens (including phenoxy) is 1. The van der Waals surface area contributed by atoms with Gasteiger partial charge in [0.2, 0.25) is 15.0 Å². The van der Waals surface area contributed by atoms with Crippen LogP contribution in [0, 0.1) is 0 Å². The van der Waals surface area contributed by atoms with Crippen LogP contribution in [0.15, 0.2) is 66.0 Å². The summed E-state index contributed by atoms with van der Waals surface area (Å²) < 4.78 is 32.6. The molecule has 3 rings (SSSR count). The lowest BCUT2D eigenvalue weighted by atomic mass is 10.1. The standard InChI is InChI=1S/C23H29N3O3S/c1-5-30(27,28)23-24-15-20(26(23)16-19-11-7-6-8-12-19)17-25(3)18(2)21-13-9-10-14-22(21)29-4/h6-15,18H,5,16-17H2,1-4H3/t18-/m0/s1. The van der Waals surface area contributed by atoms with Crippen molar-refractivity contribution in [1.82, 2.24) is 14.5 Å². The van der Waals surface area contributed by atoms with Crippen LogP contribution in [-0.4, -0.2) is 42.8 Å². The zero-order chi connectivity index (χ0) is 21.7. The summed E-state index contributed by atoms with van der Waals surface area (Å²) in [5.41, 5.74) is 2.97. The maximum atomic E-state index is 12.6. The summed E-state index contributed by atoms with van der Waals surface area (Å²) in [6, 6.07) is 17.9. The lowest BCUT2D eigenvalue weighted by Crippen LogP contribution is -2.25. The SMILES string of the molecule is CCS(=O)(=O)c1ncc(CN(C)[C@@H](C)c2ccccc2OC)n1Cc1ccccc1. The molecule has 0 aliphatic carbocycles. The molecule has 160 valence electrons. The molecule has 0 saturated carbocycles. The average Bonchev–Trinajstić information content (AvgIpc) is 3.16. The normalized spacial score (nSPS) is 12.8. The second kappa shape index (κ2) is 9.45. The molecule has 0 unspecified atom stereocenters. The van der Waals surface area contributed by atoms with Gasteiger partial charge in [-0.05, 0) is 25.6 Å². The first kappa shape index (κ1) is 22.1. The molecule has 0 aliphatic heterocycles. The van der Waals surface area contributed by atoms with Gasteiger partial charge in [-0.2, -0.15) is 0 Å². The lowest BCUT2D eigenvalue weighted by molar-refractivity contribution is 0.240. The smallest absolute Gasteiger partial charge is 0.228 e. The van der Waals surface area contributed by atoms with E-state index in [2.05, 4.69) is 16.8 Å². The summed E-state index contributed by atoms with van der Waals surface area (Å²) in [7, 11) is 0.254. The van der Waals surface area contributed by atoms with Gasteiger partial charge in [0.1, 0.15) is 5.75 Å². The third-order valence-corrected chi connectivity index (χ3v) is 7.05. The maximum absolute atomic E-state index is 12.6. The van der Waals surface area contributed by atoms with Crippen LogP contribution >= 0.6 is 0 Å². The van der Waals surface area contributed by atoms with Crippen molar-refractivity contribution in [2.45, 2.75) is 38.1 Å². The summed E-state index contributed by atoms with van der Waals surface area (Å²) in [4.78, 5) is 6.46. The maximum Gasteiger partial charge on any atom is 0.228 e. The molecular weight excluding hydrogens is 398 g/mol. The molecule has 30 heavy (non-hydrogen) atoms. The third-order valence-electron chi connectivity index (χ3n) is 5.40. The van der Waals surface area contributed by atoms with Crippen molar-refractivity contribution in [2.24, 2.45) is 0 Å². The van der Waals surface area contributed by atoms with Crippen LogP contribution in [0.5, 0.6) is 5.75 Å². The van der Waals surface area contributed by atoms with Crippen molar-refractivity contribution in [3.63, 3.8) is 0 Å². The molecule has 0 amide bonds. The van der Waals surface area contributed by atoms with E-state index < -0.39 is 9.84 Å². The number of rotatable bonds is 9. The molecule has 1 atom stereocenters. The van der Waals surface area contributed by atoms with Gasteiger partial charge in [-0.15, -0.1) is 0 Å². The van der Waals surface area contributed by atoms with E-state index in [-0.39, 0.29) is 17.0 Å². The molecule has 0 aliphatic rings. The Balaban J connectivity index is 1.93. The highest BCUT2D eigenvalue weighted by molar-refractivity contribution is 7.91. The van der Waals surface area contributed by atoms with Crippen LogP contribution in [0.2, 0.25) is 0 Å². The van der Waals surface area contributed by atoms with Gasteiger partial charge in [-0.25, -0.2) is 13.4 Å². The molecule has 7 heteroatoms. The number of sulfone groups is 1. The van der Waals surface area contributed by atoms with Gasteiger partial charge >= 0.3 is 0 Å². The largest absolute Gasteiger partial charge is 0.496 e. The topological polar surface area (TPSA) is 64.4 Å². The highest BCUT2D eigenvalue weighted by Gasteiger charge is 2.24. The van der Waals surface area contributed by atoms with Gasteiger partial charge < -0.3 is 9.30 Å². The number of benzene rings is 2. The first-order valence-corrected chi connectivity index (χ1v) is 11.7. The molecule has 2 aromatic carbocycles. The van der Waals surface area contributed by atoms with E-state index in [9.17, 15) is 8.42 Å². The lowest BCUT2D eigenvalue weighted by Gasteiger charge is -2.27. The predicted octanol–water partition coefficient (Wildman–Crippen LogP) is 3.93. The van der Waals surface area contributed by atoms with Gasteiger partial charge in [-0.1, -0.05) is 55.5 Å². The number of para-hydroxylation sites is 1. The van der Waals surface area contributed by atoms with Crippen molar-refractivity contribution in [3.05, 3.63) is 77.6 Å². The summed E-state index contributed by atoms with van der Waals surface area (Å²) in [6.45, 7) is 4.77. The Labute approximate surface area is 179 Å². The summed E-state index contributed by atoms with van der Waals surface area (Å²) >= 11 is 0. The van der Waals surface area contributed by atoms with Gasteiger partial charge in [0.05, 0.1) is 31.3 Å². The Kier molecular flexibility index (Phi) is 6.95. The van der Waals surface area contributed by atoms with Crippen LogP contribution in [0.1, 0.15) is 36.7 Å². The van der Waals surface area contributed by atoms with E-state index in [4.69, 9.17) is 4.74 Å². The molecule has 0 fully saturated rings. The molecule has 0 saturated heterocycles. The van der Waals surface area contributed by atoms with Gasteiger partial charge in [0.15, 0.2) is 0 Å². The fraction of sp³-hybridized carbons (Fsp3) is 0.348. The molecular formula is C23H29N3O3S. The average molecular weight is 428 g/mol. The van der Waals surface area contributed by atoms with E-state index >= 15 is 0 Å². The highest BCUT2D eigenvalue weighted by Crippen LogP contribution is 2.29. The van der Waals surface area contributed by atoms with Crippen LogP contribution in [0.3, 0.4) is 0 Å². The highest BCUT2D eigenvalue weighted by atomic mass is 32.2. The number of methoxy groups -OCH3 is 1. The minimum absolute atomic E-state index is 0.0195. The number of hydrogen-bond acceptors (Lipinski definition) is 5. The first-order valence-electron chi connectivity index (χ1n) is 10.0. The molecule has 1 heterocycles. The first-order chi connectivity index (χ1) is 14.4. The summed E-state index contributed by atoms with van der Waals surface area (Å²) in [6.07, 6.45) is 1.68. The Hall–Kier alpha value is -2.64. The van der Waals surface area contributed by atoms with E-state index in [1.54, 1.807) is 20.2 Å². The van der Waals surface area contributed by atoms with Crippen molar-refractivity contribution in [1.29, 1.82) is 0 Å². The van der Waals surface area contributed by atoms with Gasteiger partial charge in [0, 0.05) is 18.2 Å². The molecule has 0 N–H and O–H groups in total. The van der Waals surface area contributed by atoms with Gasteiger partial charge in [-0.3, -0.25) is 4.90 Å². The van der Waals surface area contributed by atoms with Crippen LogP contribution < -0.4 is 4.74 Å². The fourth-order valence-electron chi connectivity index (χ4n) is 3.47.